The monoisotopic (exact) mass is 263 g/mol. The van der Waals surface area contributed by atoms with E-state index in [0.717, 1.165) is 6.07 Å². The molecule has 0 unspecified atom stereocenters. The van der Waals surface area contributed by atoms with Crippen molar-refractivity contribution >= 4 is 17.3 Å². The van der Waals surface area contributed by atoms with Gasteiger partial charge in [0.15, 0.2) is 0 Å². The molecule has 0 spiro atoms. The summed E-state index contributed by atoms with van der Waals surface area (Å²) in [6.45, 7) is 0. The molecule has 0 aliphatic carbocycles. The Labute approximate surface area is 102 Å². The van der Waals surface area contributed by atoms with Gasteiger partial charge in [-0.15, -0.1) is 24.8 Å². The van der Waals surface area contributed by atoms with Crippen LogP contribution < -0.4 is 10.5 Å². The highest BCUT2D eigenvalue weighted by molar-refractivity contribution is 6.18. The maximum Gasteiger partial charge on any atom is 0.573 e. The molecule has 0 aromatic heterocycles. The molecule has 6 heteroatoms. The van der Waals surface area contributed by atoms with E-state index in [1.807, 2.05) is 0 Å². The summed E-state index contributed by atoms with van der Waals surface area (Å²) in [5.74, 6) is 5.10. The lowest BCUT2D eigenvalue weighted by molar-refractivity contribution is -0.274. The average Bonchev–Trinajstić information content (AvgIpc) is 2.20. The number of ether oxygens (including phenoxy) is 1. The molecule has 0 radical (unpaired) electrons. The van der Waals surface area contributed by atoms with Crippen molar-refractivity contribution < 1.29 is 17.9 Å². The van der Waals surface area contributed by atoms with Crippen LogP contribution in [0, 0.1) is 11.8 Å². The number of anilines is 1. The number of hydrogen-bond acceptors (Lipinski definition) is 2. The predicted octanol–water partition coefficient (Wildman–Crippen LogP) is 3.15. The molecular weight excluding hydrogens is 255 g/mol. The van der Waals surface area contributed by atoms with Gasteiger partial charge >= 0.3 is 6.36 Å². The van der Waals surface area contributed by atoms with Gasteiger partial charge in [0.2, 0.25) is 0 Å². The molecule has 0 aliphatic rings. The number of halogens is 4. The molecular formula is C11H9ClF3NO. The van der Waals surface area contributed by atoms with Gasteiger partial charge in [-0.3, -0.25) is 0 Å². The molecule has 0 saturated heterocycles. The second-order valence-electron chi connectivity index (χ2n) is 3.04. The topological polar surface area (TPSA) is 35.2 Å². The zero-order chi connectivity index (χ0) is 12.9. The fourth-order valence-electron chi connectivity index (χ4n) is 1.06. The fraction of sp³-hybridized carbons (Fsp3) is 0.273. The van der Waals surface area contributed by atoms with E-state index >= 15 is 0 Å². The molecule has 17 heavy (non-hydrogen) atoms. The smallest absolute Gasteiger partial charge is 0.404 e. The van der Waals surface area contributed by atoms with E-state index in [-0.39, 0.29) is 11.3 Å². The van der Waals surface area contributed by atoms with Crippen LogP contribution in [-0.2, 0) is 0 Å². The molecule has 0 atom stereocenters. The van der Waals surface area contributed by atoms with Crippen LogP contribution >= 0.6 is 11.6 Å². The van der Waals surface area contributed by atoms with Crippen LogP contribution in [0.4, 0.5) is 18.9 Å². The number of nitrogens with two attached hydrogens (primary N) is 1. The van der Waals surface area contributed by atoms with Crippen molar-refractivity contribution in [2.45, 2.75) is 12.8 Å². The summed E-state index contributed by atoms with van der Waals surface area (Å²) in [5.41, 5.74) is 5.87. The molecule has 1 rings (SSSR count). The van der Waals surface area contributed by atoms with Crippen molar-refractivity contribution in [3.63, 3.8) is 0 Å². The van der Waals surface area contributed by atoms with Crippen LogP contribution in [0.25, 0.3) is 0 Å². The highest BCUT2D eigenvalue weighted by Crippen LogP contribution is 2.27. The third kappa shape index (κ3) is 4.87. The van der Waals surface area contributed by atoms with Crippen LogP contribution in [-0.4, -0.2) is 12.2 Å². The Kier molecular flexibility index (Phi) is 4.53. The predicted molar refractivity (Wildman–Crippen MR) is 59.8 cm³/mol. The van der Waals surface area contributed by atoms with Crippen LogP contribution in [0.3, 0.4) is 0 Å². The second-order valence-corrected chi connectivity index (χ2v) is 3.42. The third-order valence-corrected chi connectivity index (χ3v) is 1.86. The second kappa shape index (κ2) is 5.69. The summed E-state index contributed by atoms with van der Waals surface area (Å²) in [6, 6.07) is 3.77. The highest BCUT2D eigenvalue weighted by atomic mass is 35.5. The molecule has 1 aromatic rings. The Morgan fingerprint density at radius 3 is 2.65 bits per heavy atom. The summed E-state index contributed by atoms with van der Waals surface area (Å²) in [4.78, 5) is 0. The van der Waals surface area contributed by atoms with Crippen molar-refractivity contribution in [1.82, 2.24) is 0 Å². The zero-order valence-corrected chi connectivity index (χ0v) is 9.40. The Balaban J connectivity index is 3.01. The van der Waals surface area contributed by atoms with Gasteiger partial charge in [-0.05, 0) is 18.2 Å². The summed E-state index contributed by atoms with van der Waals surface area (Å²) in [5, 5.41) is 0. The Hall–Kier alpha value is -1.54. The fourth-order valence-corrected chi connectivity index (χ4v) is 1.16. The SMILES string of the molecule is Nc1ccc(OC(F)(F)F)c(C#CCCCl)c1. The minimum absolute atomic E-state index is 0.0902. The van der Waals surface area contributed by atoms with Gasteiger partial charge in [-0.2, -0.15) is 0 Å². The number of rotatable bonds is 2. The van der Waals surface area contributed by atoms with Crippen LogP contribution in [0.5, 0.6) is 5.75 Å². The standard InChI is InChI=1S/C11H9ClF3NO/c12-6-2-1-3-8-7-9(16)4-5-10(8)17-11(13,14)15/h4-5,7H,2,6,16H2. The molecule has 0 amide bonds. The quantitative estimate of drug-likeness (QED) is 0.505. The van der Waals surface area contributed by atoms with Crippen molar-refractivity contribution in [1.29, 1.82) is 0 Å². The largest absolute Gasteiger partial charge is 0.573 e. The van der Waals surface area contributed by atoms with Gasteiger partial charge in [-0.25, -0.2) is 0 Å². The molecule has 2 N–H and O–H groups in total. The molecule has 0 aliphatic heterocycles. The van der Waals surface area contributed by atoms with E-state index < -0.39 is 6.36 Å². The summed E-state index contributed by atoms with van der Waals surface area (Å²) in [7, 11) is 0. The van der Waals surface area contributed by atoms with Gasteiger partial charge in [0, 0.05) is 18.0 Å². The molecule has 0 bridgehead atoms. The van der Waals surface area contributed by atoms with Crippen molar-refractivity contribution in [3.05, 3.63) is 23.8 Å². The average molecular weight is 264 g/mol. The minimum atomic E-state index is -4.75. The Morgan fingerprint density at radius 1 is 1.35 bits per heavy atom. The molecule has 92 valence electrons. The van der Waals surface area contributed by atoms with Gasteiger partial charge in [0.25, 0.3) is 0 Å². The summed E-state index contributed by atoms with van der Waals surface area (Å²) in [6.07, 6.45) is -4.37. The minimum Gasteiger partial charge on any atom is -0.404 e. The first kappa shape index (κ1) is 13.5. The normalized spacial score (nSPS) is 10.6. The Bertz CT molecular complexity index is 448. The first-order chi connectivity index (χ1) is 7.92. The van der Waals surface area contributed by atoms with Crippen molar-refractivity contribution in [2.24, 2.45) is 0 Å². The van der Waals surface area contributed by atoms with E-state index in [2.05, 4.69) is 16.6 Å². The van der Waals surface area contributed by atoms with Gasteiger partial charge in [-0.1, -0.05) is 11.8 Å². The van der Waals surface area contributed by atoms with Crippen LogP contribution in [0.15, 0.2) is 18.2 Å². The maximum atomic E-state index is 12.1. The van der Waals surface area contributed by atoms with Crippen LogP contribution in [0.1, 0.15) is 12.0 Å². The number of benzene rings is 1. The molecule has 2 nitrogen and oxygen atoms in total. The lowest BCUT2D eigenvalue weighted by Crippen LogP contribution is -2.17. The number of nitrogen functional groups attached to an aromatic ring is 1. The van der Waals surface area contributed by atoms with E-state index in [1.54, 1.807) is 0 Å². The molecule has 0 fully saturated rings. The van der Waals surface area contributed by atoms with Crippen molar-refractivity contribution in [2.75, 3.05) is 11.6 Å². The molecule has 0 saturated carbocycles. The zero-order valence-electron chi connectivity index (χ0n) is 8.64. The van der Waals surface area contributed by atoms with E-state index in [9.17, 15) is 13.2 Å². The Morgan fingerprint density at radius 2 is 2.06 bits per heavy atom. The molecule has 0 heterocycles. The lowest BCUT2D eigenvalue weighted by atomic mass is 10.2. The van der Waals surface area contributed by atoms with E-state index in [0.29, 0.717) is 18.0 Å². The van der Waals surface area contributed by atoms with Gasteiger partial charge in [0.05, 0.1) is 5.56 Å². The van der Waals surface area contributed by atoms with E-state index in [1.165, 1.54) is 12.1 Å². The number of hydrogen-bond donors (Lipinski definition) is 1. The summed E-state index contributed by atoms with van der Waals surface area (Å²) >= 11 is 5.41. The lowest BCUT2D eigenvalue weighted by Gasteiger charge is -2.10. The van der Waals surface area contributed by atoms with E-state index in [4.69, 9.17) is 17.3 Å². The first-order valence-electron chi connectivity index (χ1n) is 4.62. The number of alkyl halides is 4. The molecule has 1 aromatic carbocycles. The summed E-state index contributed by atoms with van der Waals surface area (Å²) < 4.78 is 40.1. The highest BCUT2D eigenvalue weighted by Gasteiger charge is 2.31. The van der Waals surface area contributed by atoms with Gasteiger partial charge < -0.3 is 10.5 Å². The van der Waals surface area contributed by atoms with Crippen LogP contribution in [0.2, 0.25) is 0 Å². The van der Waals surface area contributed by atoms with Crippen molar-refractivity contribution in [3.8, 4) is 17.6 Å². The third-order valence-electron chi connectivity index (χ3n) is 1.67. The van der Waals surface area contributed by atoms with Gasteiger partial charge in [0.1, 0.15) is 5.75 Å². The first-order valence-corrected chi connectivity index (χ1v) is 5.16. The maximum absolute atomic E-state index is 12.1.